The Morgan fingerprint density at radius 2 is 2.04 bits per heavy atom. The highest BCUT2D eigenvalue weighted by Gasteiger charge is 2.22. The maximum Gasteiger partial charge on any atom is 0.194 e. The van der Waals surface area contributed by atoms with E-state index in [9.17, 15) is 5.11 Å². The molecule has 5 nitrogen and oxygen atoms in total. The van der Waals surface area contributed by atoms with Gasteiger partial charge in [0.05, 0.1) is 12.6 Å². The Hall–Kier alpha value is -0.860. The number of hydrogen-bond donors (Lipinski definition) is 2. The van der Waals surface area contributed by atoms with E-state index < -0.39 is 0 Å². The fourth-order valence-corrected chi connectivity index (χ4v) is 2.84. The van der Waals surface area contributed by atoms with E-state index in [4.69, 9.17) is 4.99 Å². The van der Waals surface area contributed by atoms with Gasteiger partial charge in [-0.05, 0) is 45.4 Å². The van der Waals surface area contributed by atoms with E-state index in [1.54, 1.807) is 0 Å². The summed E-state index contributed by atoms with van der Waals surface area (Å²) in [6, 6.07) is 9.05. The lowest BCUT2D eigenvalue weighted by Crippen LogP contribution is -2.40. The highest BCUT2D eigenvalue weighted by atomic mass is 127. The summed E-state index contributed by atoms with van der Waals surface area (Å²) in [5.74, 6) is 0.904. The SMILES string of the molecule is CCNC(=NCc1ccccc1CN(C)C(C)C)N1CC[C@@H](O)C1.I. The predicted molar refractivity (Wildman–Crippen MR) is 115 cm³/mol. The van der Waals surface area contributed by atoms with Crippen LogP contribution in [0.3, 0.4) is 0 Å². The molecule has 142 valence electrons. The minimum atomic E-state index is -0.235. The van der Waals surface area contributed by atoms with Crippen LogP contribution >= 0.6 is 24.0 Å². The topological polar surface area (TPSA) is 51.1 Å². The maximum absolute atomic E-state index is 9.77. The molecule has 1 saturated heterocycles. The molecule has 1 aromatic rings. The average molecular weight is 460 g/mol. The molecule has 25 heavy (non-hydrogen) atoms. The highest BCUT2D eigenvalue weighted by molar-refractivity contribution is 14.0. The Bertz CT molecular complexity index is 550. The number of halogens is 1. The fraction of sp³-hybridized carbons (Fsp3) is 0.632. The molecule has 0 unspecified atom stereocenters. The average Bonchev–Trinajstić information content (AvgIpc) is 2.99. The first-order valence-corrected chi connectivity index (χ1v) is 8.99. The molecular formula is C19H33IN4O. The van der Waals surface area contributed by atoms with Gasteiger partial charge in [0.15, 0.2) is 5.96 Å². The summed E-state index contributed by atoms with van der Waals surface area (Å²) < 4.78 is 0. The highest BCUT2D eigenvalue weighted by Crippen LogP contribution is 2.15. The van der Waals surface area contributed by atoms with E-state index in [0.717, 1.165) is 32.0 Å². The number of aliphatic hydroxyl groups excluding tert-OH is 1. The molecule has 0 amide bonds. The summed E-state index contributed by atoms with van der Waals surface area (Å²) >= 11 is 0. The number of benzene rings is 1. The van der Waals surface area contributed by atoms with E-state index in [2.05, 4.69) is 67.2 Å². The number of guanidine groups is 1. The van der Waals surface area contributed by atoms with Crippen molar-refractivity contribution in [3.8, 4) is 0 Å². The summed E-state index contributed by atoms with van der Waals surface area (Å²) in [6.45, 7) is 10.5. The van der Waals surface area contributed by atoms with Gasteiger partial charge in [-0.2, -0.15) is 0 Å². The van der Waals surface area contributed by atoms with Crippen molar-refractivity contribution in [2.24, 2.45) is 4.99 Å². The number of hydrogen-bond acceptors (Lipinski definition) is 3. The molecule has 0 saturated carbocycles. The van der Waals surface area contributed by atoms with Crippen LogP contribution in [0.15, 0.2) is 29.3 Å². The van der Waals surface area contributed by atoms with Crippen molar-refractivity contribution < 1.29 is 5.11 Å². The van der Waals surface area contributed by atoms with Crippen LogP contribution < -0.4 is 5.32 Å². The molecule has 6 heteroatoms. The molecule has 0 aromatic heterocycles. The Morgan fingerprint density at radius 3 is 2.60 bits per heavy atom. The molecule has 0 aliphatic carbocycles. The van der Waals surface area contributed by atoms with E-state index >= 15 is 0 Å². The first kappa shape index (κ1) is 22.2. The second kappa shape index (κ2) is 11.0. The fourth-order valence-electron chi connectivity index (χ4n) is 2.84. The third-order valence-corrected chi connectivity index (χ3v) is 4.62. The Balaban J connectivity index is 0.00000312. The smallest absolute Gasteiger partial charge is 0.194 e. The number of aliphatic imine (C=N–C) groups is 1. The molecule has 2 rings (SSSR count). The van der Waals surface area contributed by atoms with E-state index in [1.807, 2.05) is 0 Å². The van der Waals surface area contributed by atoms with E-state index in [1.165, 1.54) is 11.1 Å². The first-order valence-electron chi connectivity index (χ1n) is 8.99. The van der Waals surface area contributed by atoms with Gasteiger partial charge in [0.1, 0.15) is 0 Å². The number of nitrogens with one attached hydrogen (secondary N) is 1. The Morgan fingerprint density at radius 1 is 1.36 bits per heavy atom. The van der Waals surface area contributed by atoms with Crippen molar-refractivity contribution in [3.05, 3.63) is 35.4 Å². The van der Waals surface area contributed by atoms with Crippen LogP contribution in [-0.2, 0) is 13.1 Å². The minimum absolute atomic E-state index is 0. The van der Waals surface area contributed by atoms with Crippen molar-refractivity contribution in [2.75, 3.05) is 26.7 Å². The van der Waals surface area contributed by atoms with E-state index in [0.29, 0.717) is 19.1 Å². The molecule has 0 bridgehead atoms. The van der Waals surface area contributed by atoms with Gasteiger partial charge in [0, 0.05) is 32.2 Å². The normalized spacial score (nSPS) is 18.0. The van der Waals surface area contributed by atoms with Gasteiger partial charge in [-0.3, -0.25) is 4.90 Å². The zero-order valence-corrected chi connectivity index (χ0v) is 18.2. The third-order valence-electron chi connectivity index (χ3n) is 4.62. The molecular weight excluding hydrogens is 427 g/mol. The summed E-state index contributed by atoms with van der Waals surface area (Å²) in [4.78, 5) is 9.30. The number of rotatable bonds is 6. The van der Waals surface area contributed by atoms with Gasteiger partial charge in [-0.25, -0.2) is 4.99 Å². The van der Waals surface area contributed by atoms with Crippen LogP contribution in [0.4, 0.5) is 0 Å². The van der Waals surface area contributed by atoms with Gasteiger partial charge < -0.3 is 15.3 Å². The number of nitrogens with zero attached hydrogens (tertiary/aromatic N) is 3. The van der Waals surface area contributed by atoms with Gasteiger partial charge in [-0.15, -0.1) is 24.0 Å². The van der Waals surface area contributed by atoms with Crippen LogP contribution in [0, 0.1) is 0 Å². The van der Waals surface area contributed by atoms with Crippen molar-refractivity contribution in [1.29, 1.82) is 0 Å². The van der Waals surface area contributed by atoms with Crippen molar-refractivity contribution in [1.82, 2.24) is 15.1 Å². The second-order valence-electron chi connectivity index (χ2n) is 6.84. The number of aliphatic hydroxyl groups is 1. The van der Waals surface area contributed by atoms with Gasteiger partial charge in [-0.1, -0.05) is 24.3 Å². The first-order chi connectivity index (χ1) is 11.5. The zero-order chi connectivity index (χ0) is 17.5. The van der Waals surface area contributed by atoms with Crippen LogP contribution in [0.2, 0.25) is 0 Å². The summed E-state index contributed by atoms with van der Waals surface area (Å²) in [6.07, 6.45) is 0.584. The second-order valence-corrected chi connectivity index (χ2v) is 6.84. The summed E-state index contributed by atoms with van der Waals surface area (Å²) in [5.41, 5.74) is 2.59. The van der Waals surface area contributed by atoms with E-state index in [-0.39, 0.29) is 30.1 Å². The quantitative estimate of drug-likeness (QED) is 0.390. The number of likely N-dealkylation sites (tertiary alicyclic amines) is 1. The largest absolute Gasteiger partial charge is 0.391 e. The predicted octanol–water partition coefficient (Wildman–Crippen LogP) is 2.68. The zero-order valence-electron chi connectivity index (χ0n) is 15.9. The van der Waals surface area contributed by atoms with Gasteiger partial charge >= 0.3 is 0 Å². The standard InChI is InChI=1S/C19H32N4O.HI/c1-5-20-19(23-11-10-18(24)14-23)21-12-16-8-6-7-9-17(16)13-22(4)15(2)3;/h6-9,15,18,24H,5,10-14H2,1-4H3,(H,20,21);1H/t18-;/m1./s1. The Labute approximate surface area is 169 Å². The van der Waals surface area contributed by atoms with Crippen LogP contribution in [0.1, 0.15) is 38.3 Å². The maximum atomic E-state index is 9.77. The molecule has 1 aliphatic rings. The van der Waals surface area contributed by atoms with Gasteiger partial charge in [0.2, 0.25) is 0 Å². The monoisotopic (exact) mass is 460 g/mol. The molecule has 1 aromatic carbocycles. The summed E-state index contributed by atoms with van der Waals surface area (Å²) in [7, 11) is 2.15. The van der Waals surface area contributed by atoms with Crippen LogP contribution in [0.5, 0.6) is 0 Å². The van der Waals surface area contributed by atoms with Crippen LogP contribution in [-0.4, -0.2) is 59.7 Å². The number of β-amino-alcohol motifs (C(OH)–C–C–N with tert-alkyl or cyclic N) is 1. The lowest BCUT2D eigenvalue weighted by molar-refractivity contribution is 0.188. The minimum Gasteiger partial charge on any atom is -0.391 e. The lowest BCUT2D eigenvalue weighted by Gasteiger charge is -2.23. The molecule has 1 fully saturated rings. The van der Waals surface area contributed by atoms with Crippen molar-refractivity contribution in [2.45, 2.75) is 52.4 Å². The molecule has 1 atom stereocenters. The third kappa shape index (κ3) is 6.75. The van der Waals surface area contributed by atoms with Crippen molar-refractivity contribution >= 4 is 29.9 Å². The molecule has 2 N–H and O–H groups in total. The lowest BCUT2D eigenvalue weighted by atomic mass is 10.1. The molecule has 0 radical (unpaired) electrons. The van der Waals surface area contributed by atoms with Crippen molar-refractivity contribution in [3.63, 3.8) is 0 Å². The summed E-state index contributed by atoms with van der Waals surface area (Å²) in [5, 5.41) is 13.1. The molecule has 1 aliphatic heterocycles. The molecule has 1 heterocycles. The van der Waals surface area contributed by atoms with Gasteiger partial charge in [0.25, 0.3) is 0 Å². The molecule has 0 spiro atoms. The van der Waals surface area contributed by atoms with Crippen LogP contribution in [0.25, 0.3) is 0 Å². The Kier molecular flexibility index (Phi) is 9.74.